The molecule has 0 aliphatic heterocycles. The number of rotatable bonds is 4. The molecule has 0 aliphatic carbocycles. The Morgan fingerprint density at radius 2 is 2.00 bits per heavy atom. The molecular weight excluding hydrogens is 289 g/mol. The first-order valence-corrected chi connectivity index (χ1v) is 7.17. The van der Waals surface area contributed by atoms with E-state index in [9.17, 15) is 4.39 Å². The fourth-order valence-electron chi connectivity index (χ4n) is 2.24. The van der Waals surface area contributed by atoms with Crippen molar-refractivity contribution in [1.82, 2.24) is 5.32 Å². The molecule has 1 aromatic heterocycles. The van der Waals surface area contributed by atoms with Gasteiger partial charge in [-0.2, -0.15) is 0 Å². The van der Waals surface area contributed by atoms with Crippen molar-refractivity contribution < 1.29 is 8.81 Å². The van der Waals surface area contributed by atoms with Crippen molar-refractivity contribution in [3.05, 3.63) is 70.7 Å². The van der Waals surface area contributed by atoms with Gasteiger partial charge in [0.05, 0.1) is 11.1 Å². The van der Waals surface area contributed by atoms with Crippen molar-refractivity contribution in [2.24, 2.45) is 0 Å². The van der Waals surface area contributed by atoms with E-state index < -0.39 is 5.82 Å². The maximum Gasteiger partial charge on any atom is 0.142 e. The molecule has 1 N–H and O–H groups in total. The van der Waals surface area contributed by atoms with Gasteiger partial charge in [0.2, 0.25) is 0 Å². The third-order valence-electron chi connectivity index (χ3n) is 3.47. The van der Waals surface area contributed by atoms with E-state index in [0.29, 0.717) is 6.54 Å². The Labute approximate surface area is 127 Å². The Kier molecular flexibility index (Phi) is 3.95. The van der Waals surface area contributed by atoms with Crippen molar-refractivity contribution in [1.29, 1.82) is 0 Å². The molecule has 2 aromatic carbocycles. The highest BCUT2D eigenvalue weighted by atomic mass is 35.5. The van der Waals surface area contributed by atoms with Crippen LogP contribution in [0.15, 0.2) is 52.9 Å². The number of halogens is 2. The minimum absolute atomic E-state index is 0.0381. The number of nitrogens with one attached hydrogen (secondary N) is 1. The van der Waals surface area contributed by atoms with Crippen LogP contribution in [-0.2, 0) is 6.54 Å². The summed E-state index contributed by atoms with van der Waals surface area (Å²) < 4.78 is 19.2. The molecule has 1 heterocycles. The molecule has 0 aliphatic rings. The van der Waals surface area contributed by atoms with E-state index in [1.165, 1.54) is 6.07 Å². The van der Waals surface area contributed by atoms with Crippen LogP contribution >= 0.6 is 11.6 Å². The highest BCUT2D eigenvalue weighted by molar-refractivity contribution is 6.30. The lowest BCUT2D eigenvalue weighted by Crippen LogP contribution is -2.17. The zero-order valence-electron chi connectivity index (χ0n) is 11.6. The van der Waals surface area contributed by atoms with Gasteiger partial charge in [0.15, 0.2) is 0 Å². The molecule has 1 atom stereocenters. The van der Waals surface area contributed by atoms with Gasteiger partial charge in [-0.1, -0.05) is 35.9 Å². The van der Waals surface area contributed by atoms with Crippen LogP contribution in [0.4, 0.5) is 4.39 Å². The molecule has 21 heavy (non-hydrogen) atoms. The molecule has 0 fully saturated rings. The first kappa shape index (κ1) is 14.1. The van der Waals surface area contributed by atoms with E-state index in [-0.39, 0.29) is 11.1 Å². The lowest BCUT2D eigenvalue weighted by molar-refractivity contribution is 0.450. The highest BCUT2D eigenvalue weighted by Crippen LogP contribution is 2.24. The van der Waals surface area contributed by atoms with E-state index in [1.807, 2.05) is 43.3 Å². The predicted octanol–water partition coefficient (Wildman–Crippen LogP) is 5.08. The number of furan rings is 1. The topological polar surface area (TPSA) is 25.2 Å². The number of hydrogen-bond donors (Lipinski definition) is 1. The van der Waals surface area contributed by atoms with Gasteiger partial charge in [-0.15, -0.1) is 0 Å². The molecule has 108 valence electrons. The van der Waals surface area contributed by atoms with Gasteiger partial charge >= 0.3 is 0 Å². The second kappa shape index (κ2) is 5.88. The van der Waals surface area contributed by atoms with Gasteiger partial charge in [-0.25, -0.2) is 4.39 Å². The number of hydrogen-bond acceptors (Lipinski definition) is 2. The quantitative estimate of drug-likeness (QED) is 0.727. The Morgan fingerprint density at radius 3 is 2.76 bits per heavy atom. The number of fused-ring (bicyclic) bond motifs is 1. The molecular formula is C17H15ClFNO. The normalized spacial score (nSPS) is 12.7. The summed E-state index contributed by atoms with van der Waals surface area (Å²) >= 11 is 5.67. The van der Waals surface area contributed by atoms with Crippen LogP contribution in [0, 0.1) is 5.82 Å². The van der Waals surface area contributed by atoms with E-state index >= 15 is 0 Å². The molecule has 4 heteroatoms. The second-order valence-electron chi connectivity index (χ2n) is 5.04. The van der Waals surface area contributed by atoms with Crippen LogP contribution in [0.2, 0.25) is 5.02 Å². The molecule has 1 unspecified atom stereocenters. The summed E-state index contributed by atoms with van der Waals surface area (Å²) in [6, 6.07) is 14.8. The van der Waals surface area contributed by atoms with Crippen LogP contribution in [0.3, 0.4) is 0 Å². The molecule has 0 saturated carbocycles. The standard InChI is InChI=1S/C17H15ClFNO/c1-11(17-9-13-4-2-3-5-16(13)21-17)20-10-12-6-7-14(18)15(19)8-12/h2-9,11,20H,10H2,1H3. The fourth-order valence-corrected chi connectivity index (χ4v) is 2.35. The largest absolute Gasteiger partial charge is 0.459 e. The van der Waals surface area contributed by atoms with Crippen molar-refractivity contribution in [2.75, 3.05) is 0 Å². The average Bonchev–Trinajstić information content (AvgIpc) is 2.92. The molecule has 3 aromatic rings. The SMILES string of the molecule is CC(NCc1ccc(Cl)c(F)c1)c1cc2ccccc2o1. The van der Waals surface area contributed by atoms with E-state index in [2.05, 4.69) is 5.32 Å². The van der Waals surface area contributed by atoms with Crippen molar-refractivity contribution in [3.8, 4) is 0 Å². The van der Waals surface area contributed by atoms with Crippen LogP contribution in [0.1, 0.15) is 24.3 Å². The molecule has 0 saturated heterocycles. The minimum Gasteiger partial charge on any atom is -0.459 e. The third kappa shape index (κ3) is 3.09. The van der Waals surface area contributed by atoms with Crippen molar-refractivity contribution in [3.63, 3.8) is 0 Å². The first-order valence-electron chi connectivity index (χ1n) is 6.79. The Bertz CT molecular complexity index is 735. The Morgan fingerprint density at radius 1 is 1.19 bits per heavy atom. The molecule has 0 spiro atoms. The zero-order chi connectivity index (χ0) is 14.8. The molecule has 0 radical (unpaired) electrons. The summed E-state index contributed by atoms with van der Waals surface area (Å²) in [6.07, 6.45) is 0. The second-order valence-corrected chi connectivity index (χ2v) is 5.44. The van der Waals surface area contributed by atoms with Gasteiger partial charge in [-0.3, -0.25) is 0 Å². The van der Waals surface area contributed by atoms with E-state index in [1.54, 1.807) is 6.07 Å². The highest BCUT2D eigenvalue weighted by Gasteiger charge is 2.11. The zero-order valence-corrected chi connectivity index (χ0v) is 12.3. The maximum absolute atomic E-state index is 13.4. The lowest BCUT2D eigenvalue weighted by atomic mass is 10.2. The van der Waals surface area contributed by atoms with Gasteiger partial charge in [0.1, 0.15) is 17.2 Å². The third-order valence-corrected chi connectivity index (χ3v) is 3.77. The smallest absolute Gasteiger partial charge is 0.142 e. The molecule has 3 rings (SSSR count). The van der Waals surface area contributed by atoms with E-state index in [4.69, 9.17) is 16.0 Å². The fraction of sp³-hybridized carbons (Fsp3) is 0.176. The summed E-state index contributed by atoms with van der Waals surface area (Å²) in [5.74, 6) is 0.470. The summed E-state index contributed by atoms with van der Waals surface area (Å²) in [6.45, 7) is 2.57. The number of benzene rings is 2. The molecule has 0 amide bonds. The van der Waals surface area contributed by atoms with Crippen LogP contribution in [0.5, 0.6) is 0 Å². The van der Waals surface area contributed by atoms with E-state index in [0.717, 1.165) is 22.3 Å². The Hall–Kier alpha value is -1.84. The van der Waals surface area contributed by atoms with Crippen LogP contribution in [0.25, 0.3) is 11.0 Å². The maximum atomic E-state index is 13.4. The summed E-state index contributed by atoms with van der Waals surface area (Å²) in [5, 5.41) is 4.54. The number of para-hydroxylation sites is 1. The molecule has 2 nitrogen and oxygen atoms in total. The van der Waals surface area contributed by atoms with Gasteiger partial charge in [-0.05, 0) is 36.8 Å². The van der Waals surface area contributed by atoms with Gasteiger partial charge in [0.25, 0.3) is 0 Å². The summed E-state index contributed by atoms with van der Waals surface area (Å²) in [5.41, 5.74) is 1.72. The molecule has 0 bridgehead atoms. The predicted molar refractivity (Wildman–Crippen MR) is 82.9 cm³/mol. The minimum atomic E-state index is -0.396. The van der Waals surface area contributed by atoms with Crippen LogP contribution in [-0.4, -0.2) is 0 Å². The van der Waals surface area contributed by atoms with Crippen molar-refractivity contribution >= 4 is 22.6 Å². The lowest BCUT2D eigenvalue weighted by Gasteiger charge is -2.11. The van der Waals surface area contributed by atoms with Crippen molar-refractivity contribution in [2.45, 2.75) is 19.5 Å². The Balaban J connectivity index is 1.70. The average molecular weight is 304 g/mol. The first-order chi connectivity index (χ1) is 10.1. The van der Waals surface area contributed by atoms with Crippen LogP contribution < -0.4 is 5.32 Å². The monoisotopic (exact) mass is 303 g/mol. The summed E-state index contributed by atoms with van der Waals surface area (Å²) in [7, 11) is 0. The summed E-state index contributed by atoms with van der Waals surface area (Å²) in [4.78, 5) is 0. The van der Waals surface area contributed by atoms with Gasteiger partial charge < -0.3 is 9.73 Å². The van der Waals surface area contributed by atoms with Gasteiger partial charge in [0, 0.05) is 11.9 Å².